The summed E-state index contributed by atoms with van der Waals surface area (Å²) in [7, 11) is 0. The molecule has 1 aliphatic rings. The summed E-state index contributed by atoms with van der Waals surface area (Å²) >= 11 is 13.7. The van der Waals surface area contributed by atoms with Crippen molar-refractivity contribution in [1.82, 2.24) is 0 Å². The maximum absolute atomic E-state index is 12.9. The van der Waals surface area contributed by atoms with Gasteiger partial charge >= 0.3 is 11.9 Å². The molecule has 0 radical (unpaired) electrons. The first-order valence-electron chi connectivity index (χ1n) is 9.76. The molecule has 1 aromatic heterocycles. The summed E-state index contributed by atoms with van der Waals surface area (Å²) in [5.41, 5.74) is 1.29. The molecule has 8 heteroatoms. The van der Waals surface area contributed by atoms with Gasteiger partial charge in [-0.25, -0.2) is 14.6 Å². The van der Waals surface area contributed by atoms with E-state index in [2.05, 4.69) is 4.99 Å². The van der Waals surface area contributed by atoms with Crippen molar-refractivity contribution in [2.24, 2.45) is 4.99 Å². The predicted molar refractivity (Wildman–Crippen MR) is 130 cm³/mol. The second-order valence-electron chi connectivity index (χ2n) is 7.02. The van der Waals surface area contributed by atoms with Crippen LogP contribution >= 0.6 is 34.5 Å². The van der Waals surface area contributed by atoms with Crippen molar-refractivity contribution in [2.45, 2.75) is 0 Å². The molecule has 2 heterocycles. The summed E-state index contributed by atoms with van der Waals surface area (Å²) in [5.74, 6) is -0.709. The standard InChI is InChI=1S/C25H13Cl2NO4S/c26-16-10-11-17-20(13-16)33-22(21(17)27)25(30)31-19-9-5-4-8-15(19)12-18-24(29)32-23(28-18)14-6-2-1-3-7-14/h1-13H/b18-12+. The number of hydrogen-bond acceptors (Lipinski definition) is 6. The highest BCUT2D eigenvalue weighted by molar-refractivity contribution is 7.21. The second-order valence-corrected chi connectivity index (χ2v) is 8.88. The lowest BCUT2D eigenvalue weighted by Gasteiger charge is -2.07. The Balaban J connectivity index is 1.45. The normalized spacial score (nSPS) is 14.4. The summed E-state index contributed by atoms with van der Waals surface area (Å²) in [4.78, 5) is 29.8. The Kier molecular flexibility index (Phi) is 5.72. The average molecular weight is 494 g/mol. The van der Waals surface area contributed by atoms with Crippen LogP contribution in [0.4, 0.5) is 0 Å². The van der Waals surface area contributed by atoms with E-state index in [1.165, 1.54) is 17.4 Å². The van der Waals surface area contributed by atoms with Crippen LogP contribution in [0.15, 0.2) is 83.5 Å². The van der Waals surface area contributed by atoms with Crippen LogP contribution in [0.25, 0.3) is 16.2 Å². The number of para-hydroxylation sites is 1. The Morgan fingerprint density at radius 1 is 1.00 bits per heavy atom. The van der Waals surface area contributed by atoms with Gasteiger partial charge in [-0.1, -0.05) is 65.7 Å². The second kappa shape index (κ2) is 8.83. The van der Waals surface area contributed by atoms with Gasteiger partial charge in [0, 0.05) is 26.2 Å². The van der Waals surface area contributed by atoms with E-state index in [0.717, 1.165) is 10.1 Å². The van der Waals surface area contributed by atoms with E-state index >= 15 is 0 Å². The number of benzene rings is 3. The minimum atomic E-state index is -0.606. The number of aliphatic imine (C=N–C) groups is 1. The van der Waals surface area contributed by atoms with Crippen LogP contribution in [0.3, 0.4) is 0 Å². The van der Waals surface area contributed by atoms with Crippen LogP contribution in [0.2, 0.25) is 10.0 Å². The molecule has 0 atom stereocenters. The van der Waals surface area contributed by atoms with Crippen molar-refractivity contribution in [3.05, 3.63) is 105 Å². The molecule has 0 N–H and O–H groups in total. The zero-order valence-electron chi connectivity index (χ0n) is 16.7. The highest BCUT2D eigenvalue weighted by Crippen LogP contribution is 2.37. The highest BCUT2D eigenvalue weighted by atomic mass is 35.5. The number of ether oxygens (including phenoxy) is 2. The molecule has 0 saturated heterocycles. The number of halogens is 2. The number of carbonyl (C=O) groups excluding carboxylic acids is 2. The monoisotopic (exact) mass is 493 g/mol. The van der Waals surface area contributed by atoms with Crippen molar-refractivity contribution < 1.29 is 19.1 Å². The smallest absolute Gasteiger partial charge is 0.363 e. The van der Waals surface area contributed by atoms with Gasteiger partial charge in [0.25, 0.3) is 0 Å². The first kappa shape index (κ1) is 21.4. The lowest BCUT2D eigenvalue weighted by atomic mass is 10.1. The lowest BCUT2D eigenvalue weighted by Crippen LogP contribution is -2.08. The van der Waals surface area contributed by atoms with Crippen LogP contribution < -0.4 is 4.74 Å². The molecule has 3 aromatic carbocycles. The van der Waals surface area contributed by atoms with Crippen molar-refractivity contribution in [1.29, 1.82) is 0 Å². The van der Waals surface area contributed by atoms with Gasteiger partial charge in [0.2, 0.25) is 5.90 Å². The van der Waals surface area contributed by atoms with E-state index in [-0.39, 0.29) is 22.2 Å². The fourth-order valence-corrected chi connectivity index (χ4v) is 4.93. The van der Waals surface area contributed by atoms with Crippen molar-refractivity contribution >= 4 is 68.5 Å². The fourth-order valence-electron chi connectivity index (χ4n) is 3.27. The van der Waals surface area contributed by atoms with Crippen LogP contribution in [0.5, 0.6) is 5.75 Å². The molecule has 0 unspecified atom stereocenters. The molecule has 5 rings (SSSR count). The highest BCUT2D eigenvalue weighted by Gasteiger charge is 2.25. The van der Waals surface area contributed by atoms with Crippen molar-refractivity contribution in [2.75, 3.05) is 0 Å². The van der Waals surface area contributed by atoms with E-state index in [0.29, 0.717) is 21.2 Å². The third-order valence-electron chi connectivity index (χ3n) is 4.83. The van der Waals surface area contributed by atoms with Gasteiger partial charge in [0.1, 0.15) is 10.6 Å². The SMILES string of the molecule is O=C1OC(c2ccccc2)=N/C1=C/c1ccccc1OC(=O)c1sc2cc(Cl)ccc2c1Cl. The summed E-state index contributed by atoms with van der Waals surface area (Å²) in [6.45, 7) is 0. The fraction of sp³-hybridized carbons (Fsp3) is 0. The minimum absolute atomic E-state index is 0.104. The minimum Gasteiger partial charge on any atom is -0.422 e. The summed E-state index contributed by atoms with van der Waals surface area (Å²) in [6, 6.07) is 21.2. The van der Waals surface area contributed by atoms with Crippen molar-refractivity contribution in [3.8, 4) is 5.75 Å². The zero-order chi connectivity index (χ0) is 22.9. The first-order valence-corrected chi connectivity index (χ1v) is 11.3. The van der Waals surface area contributed by atoms with Gasteiger partial charge in [-0.15, -0.1) is 11.3 Å². The number of esters is 2. The van der Waals surface area contributed by atoms with Gasteiger partial charge in [-0.2, -0.15) is 0 Å². The number of nitrogens with zero attached hydrogens (tertiary/aromatic N) is 1. The molecule has 162 valence electrons. The van der Waals surface area contributed by atoms with Crippen LogP contribution in [-0.2, 0) is 9.53 Å². The van der Waals surface area contributed by atoms with E-state index in [1.807, 2.05) is 18.2 Å². The molecule has 0 bridgehead atoms. The van der Waals surface area contributed by atoms with Gasteiger partial charge < -0.3 is 9.47 Å². The number of rotatable bonds is 4. The molecular weight excluding hydrogens is 481 g/mol. The van der Waals surface area contributed by atoms with Gasteiger partial charge in [0.15, 0.2) is 5.70 Å². The Hall–Kier alpha value is -3.45. The Morgan fingerprint density at radius 3 is 2.58 bits per heavy atom. The molecule has 33 heavy (non-hydrogen) atoms. The van der Waals surface area contributed by atoms with E-state index in [9.17, 15) is 9.59 Å². The molecule has 0 saturated carbocycles. The van der Waals surface area contributed by atoms with Crippen molar-refractivity contribution in [3.63, 3.8) is 0 Å². The molecule has 0 fully saturated rings. The maximum Gasteiger partial charge on any atom is 0.363 e. The number of thiophene rings is 1. The summed E-state index contributed by atoms with van der Waals surface area (Å²) in [6.07, 6.45) is 1.52. The third kappa shape index (κ3) is 4.28. The van der Waals surface area contributed by atoms with Crippen LogP contribution in [0, 0.1) is 0 Å². The predicted octanol–water partition coefficient (Wildman–Crippen LogP) is 6.77. The molecular formula is C25H13Cl2NO4S. The van der Waals surface area contributed by atoms with E-state index in [1.54, 1.807) is 54.6 Å². The van der Waals surface area contributed by atoms with E-state index < -0.39 is 11.9 Å². The molecule has 0 spiro atoms. The van der Waals surface area contributed by atoms with Gasteiger partial charge in [0.05, 0.1) is 5.02 Å². The summed E-state index contributed by atoms with van der Waals surface area (Å²) in [5, 5.41) is 1.59. The molecule has 5 nitrogen and oxygen atoms in total. The molecule has 1 aliphatic heterocycles. The summed E-state index contributed by atoms with van der Waals surface area (Å²) < 4.78 is 11.7. The zero-order valence-corrected chi connectivity index (χ0v) is 19.1. The largest absolute Gasteiger partial charge is 0.422 e. The lowest BCUT2D eigenvalue weighted by molar-refractivity contribution is -0.129. The van der Waals surface area contributed by atoms with E-state index in [4.69, 9.17) is 32.7 Å². The third-order valence-corrected chi connectivity index (χ3v) is 6.70. The number of fused-ring (bicyclic) bond motifs is 1. The average Bonchev–Trinajstić information content (AvgIpc) is 3.35. The Morgan fingerprint density at radius 2 is 1.76 bits per heavy atom. The Labute approximate surface area is 202 Å². The molecule has 4 aromatic rings. The molecule has 0 amide bonds. The van der Waals surface area contributed by atoms with Gasteiger partial charge in [-0.05, 0) is 36.4 Å². The van der Waals surface area contributed by atoms with Crippen LogP contribution in [-0.4, -0.2) is 17.8 Å². The Bertz CT molecular complexity index is 1470. The number of hydrogen-bond donors (Lipinski definition) is 0. The number of carbonyl (C=O) groups is 2. The number of cyclic esters (lactones) is 1. The first-order chi connectivity index (χ1) is 16.0. The quantitative estimate of drug-likeness (QED) is 0.178. The molecule has 0 aliphatic carbocycles. The van der Waals surface area contributed by atoms with Gasteiger partial charge in [-0.3, -0.25) is 0 Å². The van der Waals surface area contributed by atoms with Crippen LogP contribution in [0.1, 0.15) is 20.8 Å². The topological polar surface area (TPSA) is 65.0 Å². The maximum atomic E-state index is 12.9.